The summed E-state index contributed by atoms with van der Waals surface area (Å²) in [7, 11) is -3.55. The number of rotatable bonds is 4. The molecule has 0 radical (unpaired) electrons. The van der Waals surface area contributed by atoms with Crippen LogP contribution in [0.4, 0.5) is 17.1 Å². The van der Waals surface area contributed by atoms with Gasteiger partial charge in [0.1, 0.15) is 4.21 Å². The van der Waals surface area contributed by atoms with Crippen molar-refractivity contribution in [2.75, 3.05) is 28.4 Å². The molecule has 1 fully saturated rings. The van der Waals surface area contributed by atoms with Crippen molar-refractivity contribution in [2.45, 2.75) is 17.1 Å². The minimum atomic E-state index is -3.55. The second-order valence-electron chi connectivity index (χ2n) is 5.05. The Morgan fingerprint density at radius 2 is 1.81 bits per heavy atom. The van der Waals surface area contributed by atoms with Crippen LogP contribution < -0.4 is 15.4 Å². The second kappa shape index (κ2) is 5.57. The van der Waals surface area contributed by atoms with Crippen molar-refractivity contribution in [1.82, 2.24) is 0 Å². The minimum absolute atomic E-state index is 0.226. The Kier molecular flexibility index (Phi) is 3.77. The highest BCUT2D eigenvalue weighted by atomic mass is 32.2. The van der Waals surface area contributed by atoms with Gasteiger partial charge in [-0.3, -0.25) is 4.72 Å². The number of hydrogen-bond donors (Lipinski definition) is 2. The summed E-state index contributed by atoms with van der Waals surface area (Å²) in [6.07, 6.45) is 2.43. The molecule has 5 nitrogen and oxygen atoms in total. The number of hydrogen-bond acceptors (Lipinski definition) is 5. The number of nitrogens with one attached hydrogen (secondary N) is 1. The summed E-state index contributed by atoms with van der Waals surface area (Å²) in [4.78, 5) is 2.30. The van der Waals surface area contributed by atoms with E-state index in [2.05, 4.69) is 9.62 Å². The third-order valence-corrected chi connectivity index (χ3v) is 6.29. The molecule has 3 N–H and O–H groups in total. The molecule has 0 bridgehead atoms. The van der Waals surface area contributed by atoms with Gasteiger partial charge < -0.3 is 10.6 Å². The fourth-order valence-corrected chi connectivity index (χ4v) is 4.53. The number of anilines is 3. The van der Waals surface area contributed by atoms with Gasteiger partial charge in [0, 0.05) is 35.5 Å². The fourth-order valence-electron chi connectivity index (χ4n) is 2.39. The lowest BCUT2D eigenvalue weighted by Gasteiger charge is -2.17. The van der Waals surface area contributed by atoms with Gasteiger partial charge >= 0.3 is 0 Å². The molecule has 2 heterocycles. The Morgan fingerprint density at radius 3 is 2.38 bits per heavy atom. The Hall–Kier alpha value is -1.73. The van der Waals surface area contributed by atoms with Crippen LogP contribution in [-0.2, 0) is 10.0 Å². The molecule has 0 unspecified atom stereocenters. The van der Waals surface area contributed by atoms with Crippen LogP contribution in [0, 0.1) is 0 Å². The molecule has 1 saturated heterocycles. The molecule has 0 saturated carbocycles. The highest BCUT2D eigenvalue weighted by molar-refractivity contribution is 7.94. The van der Waals surface area contributed by atoms with Gasteiger partial charge in [-0.15, -0.1) is 11.3 Å². The first-order valence-corrected chi connectivity index (χ1v) is 9.13. The molecule has 1 aromatic heterocycles. The van der Waals surface area contributed by atoms with Crippen LogP contribution in [-0.4, -0.2) is 21.5 Å². The molecule has 21 heavy (non-hydrogen) atoms. The van der Waals surface area contributed by atoms with Crippen molar-refractivity contribution in [1.29, 1.82) is 0 Å². The molecule has 0 aliphatic carbocycles. The van der Waals surface area contributed by atoms with Gasteiger partial charge in [-0.2, -0.15) is 0 Å². The number of nitrogens with two attached hydrogens (primary N) is 1. The van der Waals surface area contributed by atoms with E-state index in [9.17, 15) is 8.42 Å². The molecule has 2 aromatic rings. The number of benzene rings is 1. The standard InChI is InChI=1S/C14H17N3O2S2/c15-11-9-14(20-10-11)21(18,19)16-12-3-5-13(6-4-12)17-7-1-2-8-17/h3-6,9-10,16H,1-2,7-8,15H2. The molecule has 0 atom stereocenters. The van der Waals surface area contributed by atoms with E-state index in [4.69, 9.17) is 5.73 Å². The van der Waals surface area contributed by atoms with E-state index in [-0.39, 0.29) is 4.21 Å². The molecule has 0 amide bonds. The van der Waals surface area contributed by atoms with Crippen LogP contribution in [0.2, 0.25) is 0 Å². The van der Waals surface area contributed by atoms with Gasteiger partial charge in [0.15, 0.2) is 0 Å². The Bertz CT molecular complexity index is 717. The SMILES string of the molecule is Nc1csc(S(=O)(=O)Nc2ccc(N3CCCC3)cc2)c1. The summed E-state index contributed by atoms with van der Waals surface area (Å²) >= 11 is 1.12. The Labute approximate surface area is 128 Å². The number of sulfonamides is 1. The van der Waals surface area contributed by atoms with E-state index in [0.29, 0.717) is 11.4 Å². The lowest BCUT2D eigenvalue weighted by atomic mass is 10.2. The average molecular weight is 323 g/mol. The zero-order valence-electron chi connectivity index (χ0n) is 11.5. The van der Waals surface area contributed by atoms with Crippen LogP contribution in [0.15, 0.2) is 39.9 Å². The van der Waals surface area contributed by atoms with Gasteiger partial charge in [0.05, 0.1) is 0 Å². The predicted molar refractivity (Wildman–Crippen MR) is 87.4 cm³/mol. The van der Waals surface area contributed by atoms with Crippen molar-refractivity contribution in [3.05, 3.63) is 35.7 Å². The smallest absolute Gasteiger partial charge is 0.271 e. The molecule has 3 rings (SSSR count). The molecule has 1 aromatic carbocycles. The van der Waals surface area contributed by atoms with Crippen LogP contribution in [0.5, 0.6) is 0 Å². The summed E-state index contributed by atoms with van der Waals surface area (Å²) in [5, 5.41) is 1.62. The van der Waals surface area contributed by atoms with Crippen LogP contribution >= 0.6 is 11.3 Å². The number of nitrogens with zero attached hydrogens (tertiary/aromatic N) is 1. The van der Waals surface area contributed by atoms with Crippen molar-refractivity contribution in [3.8, 4) is 0 Å². The van der Waals surface area contributed by atoms with Crippen LogP contribution in [0.25, 0.3) is 0 Å². The van der Waals surface area contributed by atoms with Crippen molar-refractivity contribution in [2.24, 2.45) is 0 Å². The third-order valence-electron chi connectivity index (χ3n) is 3.45. The maximum Gasteiger partial charge on any atom is 0.271 e. The third kappa shape index (κ3) is 3.14. The molecule has 112 valence electrons. The molecular formula is C14H17N3O2S2. The summed E-state index contributed by atoms with van der Waals surface area (Å²) in [5.41, 5.74) is 7.73. The van der Waals surface area contributed by atoms with Gasteiger partial charge in [0.2, 0.25) is 0 Å². The van der Waals surface area contributed by atoms with Gasteiger partial charge in [-0.05, 0) is 43.2 Å². The maximum atomic E-state index is 12.2. The maximum absolute atomic E-state index is 12.2. The van der Waals surface area contributed by atoms with Crippen molar-refractivity contribution >= 4 is 38.4 Å². The second-order valence-corrected chi connectivity index (χ2v) is 7.87. The zero-order valence-corrected chi connectivity index (χ0v) is 13.1. The largest absolute Gasteiger partial charge is 0.398 e. The first-order chi connectivity index (χ1) is 10.0. The monoisotopic (exact) mass is 323 g/mol. The Balaban J connectivity index is 1.75. The lowest BCUT2D eigenvalue weighted by Crippen LogP contribution is -2.17. The number of nitrogen functional groups attached to an aromatic ring is 1. The number of thiophene rings is 1. The quantitative estimate of drug-likeness (QED) is 0.907. The molecule has 0 spiro atoms. The van der Waals surface area contributed by atoms with E-state index in [1.54, 1.807) is 17.5 Å². The summed E-state index contributed by atoms with van der Waals surface area (Å²) in [6.45, 7) is 2.14. The first-order valence-electron chi connectivity index (χ1n) is 6.76. The van der Waals surface area contributed by atoms with E-state index in [1.807, 2.05) is 12.1 Å². The van der Waals surface area contributed by atoms with E-state index in [0.717, 1.165) is 30.1 Å². The fraction of sp³-hybridized carbons (Fsp3) is 0.286. The highest BCUT2D eigenvalue weighted by Gasteiger charge is 2.17. The van der Waals surface area contributed by atoms with Gasteiger partial charge in [-0.1, -0.05) is 0 Å². The average Bonchev–Trinajstić information content (AvgIpc) is 3.10. The molecular weight excluding hydrogens is 306 g/mol. The highest BCUT2D eigenvalue weighted by Crippen LogP contribution is 2.26. The van der Waals surface area contributed by atoms with Gasteiger partial charge in [-0.25, -0.2) is 8.42 Å². The van der Waals surface area contributed by atoms with E-state index in [1.165, 1.54) is 18.9 Å². The van der Waals surface area contributed by atoms with Gasteiger partial charge in [0.25, 0.3) is 10.0 Å². The van der Waals surface area contributed by atoms with E-state index >= 15 is 0 Å². The van der Waals surface area contributed by atoms with Crippen molar-refractivity contribution in [3.63, 3.8) is 0 Å². The van der Waals surface area contributed by atoms with E-state index < -0.39 is 10.0 Å². The summed E-state index contributed by atoms with van der Waals surface area (Å²) < 4.78 is 27.2. The van der Waals surface area contributed by atoms with Crippen LogP contribution in [0.1, 0.15) is 12.8 Å². The molecule has 1 aliphatic rings. The molecule has 7 heteroatoms. The topological polar surface area (TPSA) is 75.4 Å². The Morgan fingerprint density at radius 1 is 1.14 bits per heavy atom. The molecule has 1 aliphatic heterocycles. The predicted octanol–water partition coefficient (Wildman–Crippen LogP) is 2.73. The van der Waals surface area contributed by atoms with Crippen molar-refractivity contribution < 1.29 is 8.42 Å². The first kappa shape index (κ1) is 14.2. The minimum Gasteiger partial charge on any atom is -0.398 e. The summed E-state index contributed by atoms with van der Waals surface area (Å²) in [5.74, 6) is 0. The lowest BCUT2D eigenvalue weighted by molar-refractivity contribution is 0.603. The van der Waals surface area contributed by atoms with Crippen LogP contribution in [0.3, 0.4) is 0 Å². The summed E-state index contributed by atoms with van der Waals surface area (Å²) in [6, 6.07) is 8.95. The zero-order chi connectivity index (χ0) is 14.9. The normalized spacial score (nSPS) is 15.3.